The van der Waals surface area contributed by atoms with Gasteiger partial charge >= 0.3 is 0 Å². The van der Waals surface area contributed by atoms with Gasteiger partial charge in [-0.25, -0.2) is 0 Å². The van der Waals surface area contributed by atoms with Crippen molar-refractivity contribution in [2.24, 2.45) is 0 Å². The number of ketones is 1. The number of piperazine rings is 1. The average Bonchev–Trinajstić information content (AvgIpc) is 2.64. The number of Topliss-reactive ketones (excluding diaryl/α,β-unsaturated/α-hetero) is 1. The van der Waals surface area contributed by atoms with Crippen molar-refractivity contribution in [3.63, 3.8) is 0 Å². The first-order chi connectivity index (χ1) is 12.5. The zero-order chi connectivity index (χ0) is 18.5. The van der Waals surface area contributed by atoms with Gasteiger partial charge in [-0.1, -0.05) is 36.4 Å². The van der Waals surface area contributed by atoms with Crippen LogP contribution in [0.15, 0.2) is 48.5 Å². The molecule has 5 heteroatoms. The van der Waals surface area contributed by atoms with E-state index in [4.69, 9.17) is 12.2 Å². The first-order valence-electron chi connectivity index (χ1n) is 8.97. The molecule has 0 radical (unpaired) electrons. The van der Waals surface area contributed by atoms with Crippen LogP contribution in [0.2, 0.25) is 0 Å². The fourth-order valence-electron chi connectivity index (χ4n) is 3.16. The Morgan fingerprint density at radius 1 is 1.08 bits per heavy atom. The Bertz CT molecular complexity index is 797. The zero-order valence-corrected chi connectivity index (χ0v) is 16.2. The van der Waals surface area contributed by atoms with Gasteiger partial charge in [-0.15, -0.1) is 0 Å². The van der Waals surface area contributed by atoms with Gasteiger partial charge in [0.1, 0.15) is 0 Å². The molecule has 0 spiro atoms. The van der Waals surface area contributed by atoms with Crippen LogP contribution in [-0.4, -0.2) is 46.9 Å². The molecule has 3 rings (SSSR count). The van der Waals surface area contributed by atoms with E-state index in [-0.39, 0.29) is 5.78 Å². The molecule has 0 unspecified atom stereocenters. The van der Waals surface area contributed by atoms with Gasteiger partial charge in [-0.05, 0) is 49.3 Å². The third-order valence-electron chi connectivity index (χ3n) is 4.84. The van der Waals surface area contributed by atoms with E-state index in [0.29, 0.717) is 5.56 Å². The van der Waals surface area contributed by atoms with Crippen LogP contribution in [0.3, 0.4) is 0 Å². The second-order valence-corrected chi connectivity index (χ2v) is 7.14. The summed E-state index contributed by atoms with van der Waals surface area (Å²) in [5, 5.41) is 3.99. The molecule has 0 aromatic heterocycles. The highest BCUT2D eigenvalue weighted by Gasteiger charge is 2.19. The van der Waals surface area contributed by atoms with Crippen LogP contribution >= 0.6 is 12.2 Å². The average molecular weight is 368 g/mol. The second kappa shape index (κ2) is 8.43. The molecule has 2 aromatic rings. The second-order valence-electron chi connectivity index (χ2n) is 6.76. The monoisotopic (exact) mass is 367 g/mol. The number of carbonyl (C=O) groups is 1. The van der Waals surface area contributed by atoms with Crippen LogP contribution in [0, 0.1) is 6.92 Å². The molecule has 4 nitrogen and oxygen atoms in total. The molecular weight excluding hydrogens is 342 g/mol. The van der Waals surface area contributed by atoms with Crippen molar-refractivity contribution < 1.29 is 4.79 Å². The third kappa shape index (κ3) is 4.68. The van der Waals surface area contributed by atoms with Crippen LogP contribution in [0.25, 0.3) is 0 Å². The summed E-state index contributed by atoms with van der Waals surface area (Å²) in [6.07, 6.45) is 0. The number of hydrogen-bond donors (Lipinski definition) is 1. The Morgan fingerprint density at radius 3 is 2.50 bits per heavy atom. The molecule has 1 fully saturated rings. The molecular formula is C21H25N3OS. The maximum Gasteiger partial charge on any atom is 0.173 e. The van der Waals surface area contributed by atoms with Crippen molar-refractivity contribution in [2.75, 3.05) is 31.5 Å². The Balaban J connectivity index is 1.53. The first-order valence-corrected chi connectivity index (χ1v) is 9.37. The summed E-state index contributed by atoms with van der Waals surface area (Å²) in [6, 6.07) is 16.0. The minimum absolute atomic E-state index is 0.0596. The predicted octanol–water partition coefficient (Wildman–Crippen LogP) is 3.71. The van der Waals surface area contributed by atoms with E-state index in [1.807, 2.05) is 24.3 Å². The first kappa shape index (κ1) is 18.5. The van der Waals surface area contributed by atoms with E-state index in [9.17, 15) is 4.79 Å². The van der Waals surface area contributed by atoms with Gasteiger partial charge in [0.25, 0.3) is 0 Å². The van der Waals surface area contributed by atoms with Crippen LogP contribution in [0.5, 0.6) is 0 Å². The number of anilines is 1. The lowest BCUT2D eigenvalue weighted by atomic mass is 10.1. The molecule has 0 atom stereocenters. The number of carbonyl (C=O) groups excluding carboxylic acids is 1. The summed E-state index contributed by atoms with van der Waals surface area (Å²) < 4.78 is 0. The van der Waals surface area contributed by atoms with Gasteiger partial charge in [0, 0.05) is 44.0 Å². The molecule has 136 valence electrons. The molecule has 1 heterocycles. The van der Waals surface area contributed by atoms with Crippen LogP contribution in [-0.2, 0) is 6.54 Å². The smallest absolute Gasteiger partial charge is 0.173 e. The number of aryl methyl sites for hydroxylation is 1. The normalized spacial score (nSPS) is 14.9. The highest BCUT2D eigenvalue weighted by atomic mass is 32.1. The van der Waals surface area contributed by atoms with Crippen molar-refractivity contribution in [3.8, 4) is 0 Å². The molecule has 0 aliphatic carbocycles. The molecule has 1 saturated heterocycles. The summed E-state index contributed by atoms with van der Waals surface area (Å²) in [7, 11) is 0. The number of nitrogens with zero attached hydrogens (tertiary/aromatic N) is 2. The number of rotatable bonds is 4. The maximum absolute atomic E-state index is 11.5. The Kier molecular flexibility index (Phi) is 6.01. The standard InChI is InChI=1S/C21H25N3OS/c1-16-6-3-4-7-19(16)15-23-10-12-24(13-11-23)21(26)22-20-9-5-8-18(14-20)17(2)25/h3-9,14H,10-13,15H2,1-2H3,(H,22,26). The Morgan fingerprint density at radius 2 is 1.81 bits per heavy atom. The van der Waals surface area contributed by atoms with Crippen LogP contribution in [0.4, 0.5) is 5.69 Å². The number of hydrogen-bond acceptors (Lipinski definition) is 3. The Labute approximate surface area is 160 Å². The summed E-state index contributed by atoms with van der Waals surface area (Å²) in [5.74, 6) is 0.0596. The molecule has 2 aromatic carbocycles. The van der Waals surface area contributed by atoms with Crippen LogP contribution < -0.4 is 5.32 Å². The highest BCUT2D eigenvalue weighted by molar-refractivity contribution is 7.80. The van der Waals surface area contributed by atoms with Crippen molar-refractivity contribution in [1.82, 2.24) is 9.80 Å². The largest absolute Gasteiger partial charge is 0.346 e. The van der Waals surface area contributed by atoms with E-state index in [0.717, 1.165) is 43.5 Å². The van der Waals surface area contributed by atoms with Crippen LogP contribution in [0.1, 0.15) is 28.4 Å². The molecule has 0 saturated carbocycles. The van der Waals surface area contributed by atoms with Crippen molar-refractivity contribution in [3.05, 3.63) is 65.2 Å². The third-order valence-corrected chi connectivity index (χ3v) is 5.20. The lowest BCUT2D eigenvalue weighted by Gasteiger charge is -2.36. The van der Waals surface area contributed by atoms with E-state index in [1.54, 1.807) is 6.92 Å². The minimum atomic E-state index is 0.0596. The predicted molar refractivity (Wildman–Crippen MR) is 111 cm³/mol. The molecule has 1 aliphatic rings. The summed E-state index contributed by atoms with van der Waals surface area (Å²) >= 11 is 5.57. The topological polar surface area (TPSA) is 35.6 Å². The fraction of sp³-hybridized carbons (Fsp3) is 0.333. The van der Waals surface area contributed by atoms with Crippen molar-refractivity contribution >= 4 is 28.8 Å². The number of nitrogens with one attached hydrogen (secondary N) is 1. The van der Waals surface area contributed by atoms with E-state index in [1.165, 1.54) is 11.1 Å². The van der Waals surface area contributed by atoms with Gasteiger partial charge in [0.15, 0.2) is 10.9 Å². The SMILES string of the molecule is CC(=O)c1cccc(NC(=S)N2CCN(Cc3ccccc3C)CC2)c1. The molecule has 0 amide bonds. The zero-order valence-electron chi connectivity index (χ0n) is 15.4. The van der Waals surface area contributed by atoms with Gasteiger partial charge in [0.2, 0.25) is 0 Å². The summed E-state index contributed by atoms with van der Waals surface area (Å²) in [6.45, 7) is 8.52. The summed E-state index contributed by atoms with van der Waals surface area (Å²) in [5.41, 5.74) is 4.30. The van der Waals surface area contributed by atoms with Crippen molar-refractivity contribution in [1.29, 1.82) is 0 Å². The van der Waals surface area contributed by atoms with Gasteiger partial charge in [0.05, 0.1) is 0 Å². The maximum atomic E-state index is 11.5. The van der Waals surface area contributed by atoms with Crippen molar-refractivity contribution in [2.45, 2.75) is 20.4 Å². The fourth-order valence-corrected chi connectivity index (χ4v) is 3.46. The van der Waals surface area contributed by atoms with Gasteiger partial charge in [-0.2, -0.15) is 0 Å². The molecule has 0 bridgehead atoms. The lowest BCUT2D eigenvalue weighted by molar-refractivity contribution is 0.101. The number of thiocarbonyl (C=S) groups is 1. The molecule has 26 heavy (non-hydrogen) atoms. The summed E-state index contributed by atoms with van der Waals surface area (Å²) in [4.78, 5) is 16.2. The quantitative estimate of drug-likeness (QED) is 0.658. The number of benzene rings is 2. The highest BCUT2D eigenvalue weighted by Crippen LogP contribution is 2.15. The molecule has 1 N–H and O–H groups in total. The Hall–Kier alpha value is -2.24. The minimum Gasteiger partial charge on any atom is -0.346 e. The van der Waals surface area contributed by atoms with E-state index in [2.05, 4.69) is 46.3 Å². The van der Waals surface area contributed by atoms with E-state index >= 15 is 0 Å². The van der Waals surface area contributed by atoms with Gasteiger partial charge in [-0.3, -0.25) is 9.69 Å². The van der Waals surface area contributed by atoms with Gasteiger partial charge < -0.3 is 10.2 Å². The van der Waals surface area contributed by atoms with E-state index < -0.39 is 0 Å². The molecule has 1 aliphatic heterocycles. The lowest BCUT2D eigenvalue weighted by Crippen LogP contribution is -2.49.